The number of halogens is 1. The number of likely N-dealkylation sites (N-methyl/N-ethyl adjacent to an activating group) is 1. The number of nitrogens with zero attached hydrogens (tertiary/aromatic N) is 2. The number of carbonyl (C=O) groups is 3. The van der Waals surface area contributed by atoms with Crippen LogP contribution in [0.5, 0.6) is 5.75 Å². The SMILES string of the molecule is COc1ccc(C(=O)Nc2ccc3c(c2)[C@@]2(O[C@H](CC(=O)N4Cc5ccccc5C[C@H]4CO)[C@@H]([Si](C)(C)F)[C@@H]2C)C(=O)N3C)cc1. The zero-order valence-electron chi connectivity index (χ0n) is 26.7. The fraction of sp³-hybridized carbons (Fsp3) is 0.400. The number of anilines is 2. The Morgan fingerprint density at radius 1 is 1.11 bits per heavy atom. The number of benzene rings is 3. The van der Waals surface area contributed by atoms with E-state index in [1.807, 2.05) is 31.2 Å². The highest BCUT2D eigenvalue weighted by atomic mass is 28.4. The maximum absolute atomic E-state index is 16.3. The van der Waals surface area contributed by atoms with Gasteiger partial charge in [0.1, 0.15) is 5.75 Å². The van der Waals surface area contributed by atoms with Crippen LogP contribution in [-0.2, 0) is 32.9 Å². The third kappa shape index (κ3) is 5.29. The number of aliphatic hydroxyl groups is 1. The number of ether oxygens (including phenoxy) is 2. The minimum Gasteiger partial charge on any atom is -0.497 e. The maximum atomic E-state index is 16.3. The first-order valence-corrected chi connectivity index (χ1v) is 18.6. The molecule has 0 bridgehead atoms. The molecule has 0 radical (unpaired) electrons. The number of fused-ring (bicyclic) bond motifs is 3. The Hall–Kier alpha value is -4.06. The quantitative estimate of drug-likeness (QED) is 0.276. The van der Waals surface area contributed by atoms with Crippen molar-refractivity contribution in [2.45, 2.75) is 62.7 Å². The highest BCUT2D eigenvalue weighted by Crippen LogP contribution is 2.60. The van der Waals surface area contributed by atoms with Gasteiger partial charge in [-0.15, -0.1) is 0 Å². The molecule has 1 fully saturated rings. The maximum Gasteiger partial charge on any atom is 0.264 e. The van der Waals surface area contributed by atoms with Gasteiger partial charge in [-0.1, -0.05) is 31.2 Å². The summed E-state index contributed by atoms with van der Waals surface area (Å²) in [5, 5.41) is 13.1. The van der Waals surface area contributed by atoms with E-state index in [-0.39, 0.29) is 30.7 Å². The van der Waals surface area contributed by atoms with Crippen LogP contribution in [0.3, 0.4) is 0 Å². The van der Waals surface area contributed by atoms with E-state index in [1.165, 1.54) is 4.90 Å². The first kappa shape index (κ1) is 31.9. The molecule has 242 valence electrons. The van der Waals surface area contributed by atoms with Crippen LogP contribution in [0.4, 0.5) is 15.5 Å². The zero-order chi connectivity index (χ0) is 33.0. The fourth-order valence-electron chi connectivity index (χ4n) is 7.71. The molecular formula is C35H40FN3O6Si. The van der Waals surface area contributed by atoms with Crippen molar-refractivity contribution in [1.82, 2.24) is 4.90 Å². The van der Waals surface area contributed by atoms with Crippen molar-refractivity contribution < 1.29 is 33.1 Å². The summed E-state index contributed by atoms with van der Waals surface area (Å²) in [6, 6.07) is 19.4. The standard InChI is InChI=1S/C35H40FN3O6Si/c1-21-32(46(4,5)36)30(18-31(41)39-19-24-9-7-6-8-23(24)16-26(39)20-40)45-35(21)28-17-25(12-15-29(28)38(2)34(35)43)37-33(42)22-10-13-27(44-3)14-11-22/h6-15,17,21,26,30,32,40H,16,18-20H2,1-5H3,(H,37,42)/t21-,26-,30+,32-,35+/m0/s1. The molecule has 0 aromatic heterocycles. The van der Waals surface area contributed by atoms with Crippen molar-refractivity contribution in [3.05, 3.63) is 89.0 Å². The van der Waals surface area contributed by atoms with Gasteiger partial charge in [-0.05, 0) is 73.1 Å². The zero-order valence-corrected chi connectivity index (χ0v) is 27.7. The molecule has 3 aromatic carbocycles. The topological polar surface area (TPSA) is 108 Å². The molecule has 6 rings (SSSR count). The smallest absolute Gasteiger partial charge is 0.264 e. The van der Waals surface area contributed by atoms with Crippen LogP contribution in [0.1, 0.15) is 40.4 Å². The molecular weight excluding hydrogens is 605 g/mol. The summed E-state index contributed by atoms with van der Waals surface area (Å²) in [5.74, 6) is -0.868. The Bertz CT molecular complexity index is 1680. The number of methoxy groups -OCH3 is 1. The minimum absolute atomic E-state index is 0.115. The van der Waals surface area contributed by atoms with Crippen LogP contribution >= 0.6 is 0 Å². The van der Waals surface area contributed by atoms with Gasteiger partial charge in [0, 0.05) is 41.9 Å². The molecule has 11 heteroatoms. The van der Waals surface area contributed by atoms with E-state index < -0.39 is 37.6 Å². The van der Waals surface area contributed by atoms with Gasteiger partial charge in [0.25, 0.3) is 11.8 Å². The third-order valence-electron chi connectivity index (χ3n) is 9.96. The number of amides is 3. The highest BCUT2D eigenvalue weighted by Gasteiger charge is 2.66. The minimum atomic E-state index is -3.50. The molecule has 3 amide bonds. The highest BCUT2D eigenvalue weighted by molar-refractivity contribution is 6.72. The number of rotatable bonds is 7. The summed E-state index contributed by atoms with van der Waals surface area (Å²) in [7, 11) is -0.295. The third-order valence-corrected chi connectivity index (χ3v) is 12.4. The Balaban J connectivity index is 1.31. The van der Waals surface area contributed by atoms with E-state index in [9.17, 15) is 19.5 Å². The van der Waals surface area contributed by atoms with Crippen LogP contribution < -0.4 is 15.0 Å². The molecule has 3 aliphatic heterocycles. The van der Waals surface area contributed by atoms with Crippen LogP contribution in [0, 0.1) is 5.92 Å². The number of nitrogens with one attached hydrogen (secondary N) is 1. The first-order chi connectivity index (χ1) is 21.9. The van der Waals surface area contributed by atoms with Gasteiger partial charge >= 0.3 is 0 Å². The van der Waals surface area contributed by atoms with Crippen LogP contribution in [0.2, 0.25) is 18.6 Å². The summed E-state index contributed by atoms with van der Waals surface area (Å²) in [4.78, 5) is 44.3. The van der Waals surface area contributed by atoms with Gasteiger partial charge in [-0.3, -0.25) is 14.4 Å². The predicted octanol–water partition coefficient (Wildman–Crippen LogP) is 5.03. The monoisotopic (exact) mass is 645 g/mol. The lowest BCUT2D eigenvalue weighted by molar-refractivity contribution is -0.150. The molecule has 9 nitrogen and oxygen atoms in total. The molecule has 0 unspecified atom stereocenters. The van der Waals surface area contributed by atoms with Crippen LogP contribution in [0.25, 0.3) is 0 Å². The van der Waals surface area contributed by atoms with E-state index in [2.05, 4.69) is 5.32 Å². The number of hydrogen-bond acceptors (Lipinski definition) is 6. The molecule has 2 N–H and O–H groups in total. The van der Waals surface area contributed by atoms with Crippen molar-refractivity contribution in [3.8, 4) is 5.75 Å². The largest absolute Gasteiger partial charge is 0.497 e. The average molecular weight is 646 g/mol. The second-order valence-corrected chi connectivity index (χ2v) is 16.9. The lowest BCUT2D eigenvalue weighted by Crippen LogP contribution is -2.48. The molecule has 1 saturated heterocycles. The predicted molar refractivity (Wildman–Crippen MR) is 175 cm³/mol. The van der Waals surface area contributed by atoms with Crippen molar-refractivity contribution in [2.24, 2.45) is 5.92 Å². The molecule has 0 aliphatic carbocycles. The number of aliphatic hydroxyl groups excluding tert-OH is 1. The average Bonchev–Trinajstić information content (AvgIpc) is 3.45. The molecule has 0 saturated carbocycles. The van der Waals surface area contributed by atoms with Crippen molar-refractivity contribution in [2.75, 3.05) is 31.0 Å². The van der Waals surface area contributed by atoms with Gasteiger partial charge in [0.2, 0.25) is 14.3 Å². The van der Waals surface area contributed by atoms with E-state index in [0.717, 1.165) is 11.1 Å². The second kappa shape index (κ2) is 11.9. The van der Waals surface area contributed by atoms with Gasteiger partial charge in [-0.25, -0.2) is 0 Å². The Morgan fingerprint density at radius 2 is 1.80 bits per heavy atom. The van der Waals surface area contributed by atoms with Crippen molar-refractivity contribution >= 4 is 37.5 Å². The summed E-state index contributed by atoms with van der Waals surface area (Å²) in [5.41, 5.74) is 1.96. The van der Waals surface area contributed by atoms with Crippen LogP contribution in [-0.4, -0.2) is 69.0 Å². The number of hydrogen-bond donors (Lipinski definition) is 2. The molecule has 3 heterocycles. The van der Waals surface area contributed by atoms with E-state index in [1.54, 1.807) is 74.6 Å². The van der Waals surface area contributed by atoms with Crippen LogP contribution in [0.15, 0.2) is 66.7 Å². The lowest BCUT2D eigenvalue weighted by Gasteiger charge is -2.37. The molecule has 3 aliphatic rings. The molecule has 1 spiro atoms. The van der Waals surface area contributed by atoms with E-state index in [0.29, 0.717) is 41.2 Å². The summed E-state index contributed by atoms with van der Waals surface area (Å²) in [6.07, 6.45) is -0.444. The molecule has 5 atom stereocenters. The Kier molecular flexibility index (Phi) is 8.28. The summed E-state index contributed by atoms with van der Waals surface area (Å²) in [6.45, 7) is 5.17. The second-order valence-electron chi connectivity index (χ2n) is 13.1. The normalized spacial score (nSPS) is 25.4. The van der Waals surface area contributed by atoms with Gasteiger partial charge < -0.3 is 33.8 Å². The Morgan fingerprint density at radius 3 is 2.46 bits per heavy atom. The Labute approximate surface area is 269 Å². The summed E-state index contributed by atoms with van der Waals surface area (Å²) >= 11 is 0. The van der Waals surface area contributed by atoms with Gasteiger partial charge in [0.05, 0.1) is 38.0 Å². The molecule has 46 heavy (non-hydrogen) atoms. The van der Waals surface area contributed by atoms with Gasteiger partial charge in [-0.2, -0.15) is 0 Å². The fourth-order valence-corrected chi connectivity index (χ4v) is 10.2. The lowest BCUT2D eigenvalue weighted by atomic mass is 9.82. The number of carbonyl (C=O) groups excluding carboxylic acids is 3. The van der Waals surface area contributed by atoms with E-state index >= 15 is 4.11 Å². The first-order valence-electron chi connectivity index (χ1n) is 15.6. The summed E-state index contributed by atoms with van der Waals surface area (Å²) < 4.78 is 28.2. The van der Waals surface area contributed by atoms with Crippen molar-refractivity contribution in [3.63, 3.8) is 0 Å². The van der Waals surface area contributed by atoms with Gasteiger partial charge in [0.15, 0.2) is 5.60 Å². The van der Waals surface area contributed by atoms with E-state index in [4.69, 9.17) is 9.47 Å². The van der Waals surface area contributed by atoms with Crippen molar-refractivity contribution in [1.29, 1.82) is 0 Å². The molecule has 3 aromatic rings.